The van der Waals surface area contributed by atoms with Gasteiger partial charge in [0, 0.05) is 49.0 Å². The summed E-state index contributed by atoms with van der Waals surface area (Å²) < 4.78 is 1.71. The fraction of sp³-hybridized carbons (Fsp3) is 0.357. The number of nitrogens with zero attached hydrogens (tertiary/aromatic N) is 4. The number of pyridine rings is 1. The molecule has 2 aromatic heterocycles. The first-order valence-corrected chi connectivity index (χ1v) is 12.8. The molecule has 10 heteroatoms. The lowest BCUT2D eigenvalue weighted by Gasteiger charge is -2.36. The second-order valence-corrected chi connectivity index (χ2v) is 9.82. The molecule has 2 atom stereocenters. The molecule has 0 spiro atoms. The van der Waals surface area contributed by atoms with Gasteiger partial charge in [0.1, 0.15) is 6.04 Å². The Morgan fingerprint density at radius 3 is 2.55 bits per heavy atom. The molecule has 1 aromatic carbocycles. The Morgan fingerprint density at radius 1 is 1.11 bits per heavy atom. The van der Waals surface area contributed by atoms with Gasteiger partial charge in [-0.2, -0.15) is 5.10 Å². The lowest BCUT2D eigenvalue weighted by molar-refractivity contribution is -0.139. The summed E-state index contributed by atoms with van der Waals surface area (Å²) in [6.45, 7) is 0. The normalized spacial score (nSPS) is 17.6. The van der Waals surface area contributed by atoms with Gasteiger partial charge in [-0.15, -0.1) is 0 Å². The Bertz CT molecular complexity index is 1400. The topological polar surface area (TPSA) is 134 Å². The molecule has 1 fully saturated rings. The highest BCUT2D eigenvalue weighted by Crippen LogP contribution is 2.41. The van der Waals surface area contributed by atoms with Crippen molar-refractivity contribution in [3.8, 4) is 11.1 Å². The van der Waals surface area contributed by atoms with Gasteiger partial charge in [0.2, 0.25) is 11.8 Å². The minimum Gasteiger partial charge on any atom is -0.481 e. The molecule has 38 heavy (non-hydrogen) atoms. The fourth-order valence-electron chi connectivity index (χ4n) is 5.23. The van der Waals surface area contributed by atoms with E-state index in [1.807, 2.05) is 25.4 Å². The van der Waals surface area contributed by atoms with E-state index in [4.69, 9.17) is 5.11 Å². The maximum atomic E-state index is 13.9. The standard InChI is InChI=1S/C28H29N5O5/c1-32-16-18(15-30-32)19-11-6-14-29-25(19)24(17-7-4-8-17)31-27(37)26-20-9-2-3-10-21(20)28(38)33(26)22(34)12-5-13-23(35)36/h2-3,6,9-11,14-17,24,26H,4-5,7-8,12-13H2,1H3,(H,31,37)(H,35,36)/t24-,26?/m0/s1. The molecule has 1 aliphatic heterocycles. The van der Waals surface area contributed by atoms with Crippen molar-refractivity contribution in [3.05, 3.63) is 71.8 Å². The molecule has 1 aliphatic carbocycles. The minimum absolute atomic E-state index is 0.0791. The molecular weight excluding hydrogens is 486 g/mol. The Hall–Kier alpha value is -4.34. The number of aryl methyl sites for hydroxylation is 1. The monoisotopic (exact) mass is 515 g/mol. The number of carboxylic acid groups (broad SMARTS) is 1. The van der Waals surface area contributed by atoms with Crippen LogP contribution in [0.25, 0.3) is 11.1 Å². The zero-order valence-electron chi connectivity index (χ0n) is 21.0. The third kappa shape index (κ3) is 4.81. The number of hydrogen-bond acceptors (Lipinski definition) is 6. The summed E-state index contributed by atoms with van der Waals surface area (Å²) in [4.78, 5) is 56.9. The number of fused-ring (bicyclic) bond motifs is 1. The number of benzene rings is 1. The first-order chi connectivity index (χ1) is 18.3. The Morgan fingerprint density at radius 2 is 1.87 bits per heavy atom. The van der Waals surface area contributed by atoms with E-state index in [0.29, 0.717) is 11.1 Å². The highest BCUT2D eigenvalue weighted by atomic mass is 16.4. The Labute approximate surface area is 219 Å². The molecule has 2 N–H and O–H groups in total. The average molecular weight is 516 g/mol. The fourth-order valence-corrected chi connectivity index (χ4v) is 5.23. The first kappa shape index (κ1) is 25.3. The number of imide groups is 1. The van der Waals surface area contributed by atoms with Crippen LogP contribution in [0.15, 0.2) is 55.0 Å². The van der Waals surface area contributed by atoms with E-state index in [0.717, 1.165) is 41.0 Å². The highest BCUT2D eigenvalue weighted by molar-refractivity contribution is 6.13. The van der Waals surface area contributed by atoms with Gasteiger partial charge >= 0.3 is 5.97 Å². The number of carboxylic acids is 1. The SMILES string of the molecule is Cn1cc(-c2cccnc2[C@@H](NC(=O)C2c3ccccc3C(=O)N2C(=O)CCCC(=O)O)C2CCC2)cn1. The Balaban J connectivity index is 1.47. The molecule has 10 nitrogen and oxygen atoms in total. The number of carbonyl (C=O) groups excluding carboxylic acids is 3. The number of aliphatic carboxylic acids is 1. The maximum absolute atomic E-state index is 13.9. The van der Waals surface area contributed by atoms with Gasteiger partial charge in [-0.05, 0) is 42.9 Å². The van der Waals surface area contributed by atoms with E-state index in [2.05, 4.69) is 15.4 Å². The summed E-state index contributed by atoms with van der Waals surface area (Å²) in [6, 6.07) is 8.94. The molecule has 5 rings (SSSR count). The Kier molecular flexibility index (Phi) is 7.04. The summed E-state index contributed by atoms with van der Waals surface area (Å²) in [5.74, 6) is -2.44. The second-order valence-electron chi connectivity index (χ2n) is 9.82. The van der Waals surface area contributed by atoms with Gasteiger partial charge in [-0.3, -0.25) is 33.7 Å². The van der Waals surface area contributed by atoms with E-state index in [9.17, 15) is 19.2 Å². The highest BCUT2D eigenvalue weighted by Gasteiger charge is 2.45. The van der Waals surface area contributed by atoms with E-state index < -0.39 is 35.8 Å². The number of hydrogen-bond donors (Lipinski definition) is 2. The molecule has 1 saturated carbocycles. The van der Waals surface area contributed by atoms with Crippen LogP contribution in [0, 0.1) is 5.92 Å². The van der Waals surface area contributed by atoms with E-state index in [1.54, 1.807) is 41.3 Å². The van der Waals surface area contributed by atoms with Gasteiger partial charge < -0.3 is 10.4 Å². The predicted octanol–water partition coefficient (Wildman–Crippen LogP) is 3.42. The summed E-state index contributed by atoms with van der Waals surface area (Å²) in [5, 5.41) is 16.4. The minimum atomic E-state index is -1.14. The molecule has 0 bridgehead atoms. The maximum Gasteiger partial charge on any atom is 0.303 e. The van der Waals surface area contributed by atoms with Crippen LogP contribution in [-0.2, 0) is 21.4 Å². The van der Waals surface area contributed by atoms with E-state index in [-0.39, 0.29) is 25.2 Å². The molecule has 1 unspecified atom stereocenters. The van der Waals surface area contributed by atoms with Crippen molar-refractivity contribution in [1.82, 2.24) is 25.0 Å². The third-order valence-corrected chi connectivity index (χ3v) is 7.33. The van der Waals surface area contributed by atoms with Gasteiger partial charge in [-0.1, -0.05) is 30.7 Å². The number of rotatable bonds is 9. The van der Waals surface area contributed by atoms with Crippen molar-refractivity contribution in [2.24, 2.45) is 13.0 Å². The van der Waals surface area contributed by atoms with Gasteiger partial charge in [0.15, 0.2) is 0 Å². The van der Waals surface area contributed by atoms with Gasteiger partial charge in [-0.25, -0.2) is 0 Å². The molecule has 0 radical (unpaired) electrons. The predicted molar refractivity (Wildman–Crippen MR) is 137 cm³/mol. The van der Waals surface area contributed by atoms with Crippen LogP contribution < -0.4 is 5.32 Å². The van der Waals surface area contributed by atoms with Crippen LogP contribution in [0.4, 0.5) is 0 Å². The van der Waals surface area contributed by atoms with Crippen molar-refractivity contribution >= 4 is 23.7 Å². The van der Waals surface area contributed by atoms with Crippen LogP contribution >= 0.6 is 0 Å². The molecule has 3 amide bonds. The largest absolute Gasteiger partial charge is 0.481 e. The summed E-state index contributed by atoms with van der Waals surface area (Å²) in [5.41, 5.74) is 3.22. The zero-order chi connectivity index (χ0) is 26.8. The van der Waals surface area contributed by atoms with Crippen molar-refractivity contribution < 1.29 is 24.3 Å². The number of carbonyl (C=O) groups is 4. The van der Waals surface area contributed by atoms with Gasteiger partial charge in [0.25, 0.3) is 5.91 Å². The summed E-state index contributed by atoms with van der Waals surface area (Å²) in [7, 11) is 1.83. The van der Waals surface area contributed by atoms with E-state index in [1.165, 1.54) is 0 Å². The van der Waals surface area contributed by atoms with Crippen LogP contribution in [0.2, 0.25) is 0 Å². The molecule has 3 heterocycles. The second kappa shape index (κ2) is 10.6. The first-order valence-electron chi connectivity index (χ1n) is 12.8. The third-order valence-electron chi connectivity index (χ3n) is 7.33. The van der Waals surface area contributed by atoms with Gasteiger partial charge in [0.05, 0.1) is 17.9 Å². The quantitative estimate of drug-likeness (QED) is 0.446. The van der Waals surface area contributed by atoms with Crippen molar-refractivity contribution in [1.29, 1.82) is 0 Å². The lowest BCUT2D eigenvalue weighted by Crippen LogP contribution is -2.45. The lowest BCUT2D eigenvalue weighted by atomic mass is 9.77. The van der Waals surface area contributed by atoms with Crippen molar-refractivity contribution in [3.63, 3.8) is 0 Å². The van der Waals surface area contributed by atoms with Crippen LogP contribution in [0.1, 0.15) is 72.2 Å². The molecule has 0 saturated heterocycles. The van der Waals surface area contributed by atoms with Crippen LogP contribution in [0.5, 0.6) is 0 Å². The smallest absolute Gasteiger partial charge is 0.303 e. The zero-order valence-corrected chi connectivity index (χ0v) is 21.0. The number of aromatic nitrogens is 3. The summed E-state index contributed by atoms with van der Waals surface area (Å²) >= 11 is 0. The summed E-state index contributed by atoms with van der Waals surface area (Å²) in [6.07, 6.45) is 7.97. The van der Waals surface area contributed by atoms with Crippen molar-refractivity contribution in [2.75, 3.05) is 0 Å². The van der Waals surface area contributed by atoms with Crippen LogP contribution in [0.3, 0.4) is 0 Å². The average Bonchev–Trinajstić information content (AvgIpc) is 3.43. The van der Waals surface area contributed by atoms with Crippen molar-refractivity contribution in [2.45, 2.75) is 50.6 Å². The molecule has 2 aliphatic rings. The van der Waals surface area contributed by atoms with E-state index >= 15 is 0 Å². The molecular formula is C28H29N5O5. The number of amides is 3. The molecule has 196 valence electrons. The molecule has 3 aromatic rings. The number of nitrogens with one attached hydrogen (secondary N) is 1. The van der Waals surface area contributed by atoms with Crippen LogP contribution in [-0.4, -0.2) is 48.5 Å².